The quantitative estimate of drug-likeness (QED) is 0.413. The average Bonchev–Trinajstić information content (AvgIpc) is 3.19. The van der Waals surface area contributed by atoms with Gasteiger partial charge in [-0.25, -0.2) is 14.3 Å². The molecule has 0 aliphatic carbocycles. The minimum Gasteiger partial charge on any atom is -0.465 e. The molecule has 3 rings (SSSR count). The van der Waals surface area contributed by atoms with E-state index >= 15 is 0 Å². The van der Waals surface area contributed by atoms with E-state index in [1.807, 2.05) is 49.4 Å². The second-order valence-electron chi connectivity index (χ2n) is 6.51. The molecule has 1 heterocycles. The second-order valence-corrected chi connectivity index (χ2v) is 6.51. The fourth-order valence-electron chi connectivity index (χ4n) is 3.15. The first kappa shape index (κ1) is 21.3. The van der Waals surface area contributed by atoms with Crippen LogP contribution in [0.25, 0.3) is 16.9 Å². The van der Waals surface area contributed by atoms with Gasteiger partial charge in [-0.15, -0.1) is 0 Å². The van der Waals surface area contributed by atoms with Crippen molar-refractivity contribution in [1.82, 2.24) is 9.78 Å². The van der Waals surface area contributed by atoms with Crippen LogP contribution in [0.2, 0.25) is 0 Å². The lowest BCUT2D eigenvalue weighted by Crippen LogP contribution is -2.15. The first-order valence-electron chi connectivity index (χ1n) is 9.63. The van der Waals surface area contributed by atoms with E-state index in [1.165, 1.54) is 18.9 Å². The molecule has 1 aromatic heterocycles. The van der Waals surface area contributed by atoms with Crippen molar-refractivity contribution in [2.24, 2.45) is 0 Å². The Balaban J connectivity index is 2.27. The zero-order valence-electron chi connectivity index (χ0n) is 17.3. The van der Waals surface area contributed by atoms with Crippen molar-refractivity contribution < 1.29 is 23.8 Å². The van der Waals surface area contributed by atoms with Crippen LogP contribution in [0.4, 0.5) is 0 Å². The molecule has 0 radical (unpaired) electrons. The number of aromatic nitrogens is 2. The van der Waals surface area contributed by atoms with Gasteiger partial charge in [0.15, 0.2) is 5.69 Å². The Hall–Kier alpha value is -3.45. The van der Waals surface area contributed by atoms with E-state index in [4.69, 9.17) is 14.2 Å². The highest BCUT2D eigenvalue weighted by Gasteiger charge is 2.31. The fraction of sp³-hybridized carbons (Fsp3) is 0.261. The van der Waals surface area contributed by atoms with Gasteiger partial charge in [-0.2, -0.15) is 5.10 Å². The summed E-state index contributed by atoms with van der Waals surface area (Å²) in [6.07, 6.45) is 0.894. The largest absolute Gasteiger partial charge is 0.465 e. The maximum Gasteiger partial charge on any atom is 0.357 e. The molecule has 0 unspecified atom stereocenters. The topological polar surface area (TPSA) is 79.7 Å². The summed E-state index contributed by atoms with van der Waals surface area (Å²) >= 11 is 0. The first-order chi connectivity index (χ1) is 14.6. The lowest BCUT2D eigenvalue weighted by atomic mass is 10.0. The lowest BCUT2D eigenvalue weighted by Gasteiger charge is -2.09. The normalized spacial score (nSPS) is 10.6. The minimum atomic E-state index is -0.683. The minimum absolute atomic E-state index is 0.00910. The van der Waals surface area contributed by atoms with Gasteiger partial charge >= 0.3 is 11.9 Å². The molecule has 0 saturated carbocycles. The van der Waals surface area contributed by atoms with Gasteiger partial charge in [0.1, 0.15) is 11.3 Å². The van der Waals surface area contributed by atoms with Crippen molar-refractivity contribution in [3.8, 4) is 16.9 Å². The molecule has 2 aromatic carbocycles. The van der Waals surface area contributed by atoms with Gasteiger partial charge in [0.05, 0.1) is 26.5 Å². The molecule has 0 N–H and O–H groups in total. The molecule has 30 heavy (non-hydrogen) atoms. The molecule has 0 spiro atoms. The first-order valence-corrected chi connectivity index (χ1v) is 9.63. The van der Waals surface area contributed by atoms with Gasteiger partial charge in [-0.3, -0.25) is 0 Å². The maximum absolute atomic E-state index is 12.8. The van der Waals surface area contributed by atoms with Gasteiger partial charge < -0.3 is 14.2 Å². The summed E-state index contributed by atoms with van der Waals surface area (Å²) in [5.41, 5.74) is 2.56. The van der Waals surface area contributed by atoms with Crippen molar-refractivity contribution in [2.75, 3.05) is 20.8 Å². The SMILES string of the molecule is CCCOCc1ccccc1-c1nn(-c2ccccc2)c(C(=O)OC)c1C(=O)OC. The van der Waals surface area contributed by atoms with Gasteiger partial charge in [0.2, 0.25) is 0 Å². The number of ether oxygens (including phenoxy) is 3. The van der Waals surface area contributed by atoms with E-state index < -0.39 is 11.9 Å². The Morgan fingerprint density at radius 1 is 0.933 bits per heavy atom. The van der Waals surface area contributed by atoms with Crippen LogP contribution in [0, 0.1) is 0 Å². The molecule has 7 nitrogen and oxygen atoms in total. The third kappa shape index (κ3) is 4.26. The number of rotatable bonds is 8. The Bertz CT molecular complexity index is 1030. The molecule has 0 amide bonds. The van der Waals surface area contributed by atoms with Crippen molar-refractivity contribution >= 4 is 11.9 Å². The highest BCUT2D eigenvalue weighted by Crippen LogP contribution is 2.31. The standard InChI is InChI=1S/C23H24N2O5/c1-4-14-30-15-16-10-8-9-13-18(16)20-19(22(26)28-2)21(23(27)29-3)25(24-20)17-11-6-5-7-12-17/h5-13H,4,14-15H2,1-3H3. The summed E-state index contributed by atoms with van der Waals surface area (Å²) in [5.74, 6) is -1.35. The molecular weight excluding hydrogens is 384 g/mol. The molecule has 0 saturated heterocycles. The zero-order chi connectivity index (χ0) is 21.5. The van der Waals surface area contributed by atoms with E-state index in [0.717, 1.165) is 12.0 Å². The highest BCUT2D eigenvalue weighted by atomic mass is 16.5. The summed E-state index contributed by atoms with van der Waals surface area (Å²) in [7, 11) is 2.53. The fourth-order valence-corrected chi connectivity index (χ4v) is 3.15. The number of benzene rings is 2. The van der Waals surface area contributed by atoms with Crippen LogP contribution >= 0.6 is 0 Å². The second kappa shape index (κ2) is 9.84. The number of carbonyl (C=O) groups is 2. The van der Waals surface area contributed by atoms with Crippen LogP contribution in [0.5, 0.6) is 0 Å². The van der Waals surface area contributed by atoms with Gasteiger partial charge in [-0.1, -0.05) is 49.4 Å². The van der Waals surface area contributed by atoms with E-state index in [-0.39, 0.29) is 11.3 Å². The van der Waals surface area contributed by atoms with Crippen LogP contribution in [0.1, 0.15) is 39.8 Å². The number of hydrogen-bond donors (Lipinski definition) is 0. The molecule has 0 bridgehead atoms. The van der Waals surface area contributed by atoms with Crippen LogP contribution in [0.15, 0.2) is 54.6 Å². The van der Waals surface area contributed by atoms with E-state index in [2.05, 4.69) is 5.10 Å². The molecule has 0 fully saturated rings. The summed E-state index contributed by atoms with van der Waals surface area (Å²) < 4.78 is 17.1. The van der Waals surface area contributed by atoms with E-state index in [9.17, 15) is 9.59 Å². The van der Waals surface area contributed by atoms with Crippen LogP contribution in [-0.4, -0.2) is 42.5 Å². The van der Waals surface area contributed by atoms with Crippen molar-refractivity contribution in [3.63, 3.8) is 0 Å². The Kier molecular flexibility index (Phi) is 6.98. The van der Waals surface area contributed by atoms with Gasteiger partial charge in [-0.05, 0) is 24.1 Å². The summed E-state index contributed by atoms with van der Waals surface area (Å²) in [5, 5.41) is 4.64. The molecule has 3 aromatic rings. The third-order valence-corrected chi connectivity index (χ3v) is 4.53. The number of esters is 2. The van der Waals surface area contributed by atoms with Crippen LogP contribution in [0.3, 0.4) is 0 Å². The number of nitrogens with zero attached hydrogens (tertiary/aromatic N) is 2. The van der Waals surface area contributed by atoms with Gasteiger partial charge in [0, 0.05) is 12.2 Å². The molecular formula is C23H24N2O5. The molecule has 0 aliphatic rings. The summed E-state index contributed by atoms with van der Waals surface area (Å²) in [6.45, 7) is 3.01. The lowest BCUT2D eigenvalue weighted by molar-refractivity contribution is 0.0549. The smallest absolute Gasteiger partial charge is 0.357 e. The average molecular weight is 408 g/mol. The number of methoxy groups -OCH3 is 2. The van der Waals surface area contributed by atoms with Crippen LogP contribution < -0.4 is 0 Å². The van der Waals surface area contributed by atoms with E-state index in [0.29, 0.717) is 30.2 Å². The Labute approximate surface area is 175 Å². The van der Waals surface area contributed by atoms with Crippen LogP contribution in [-0.2, 0) is 20.8 Å². The number of para-hydroxylation sites is 1. The molecule has 0 atom stereocenters. The Morgan fingerprint density at radius 3 is 2.27 bits per heavy atom. The van der Waals surface area contributed by atoms with Crippen molar-refractivity contribution in [1.29, 1.82) is 0 Å². The highest BCUT2D eigenvalue weighted by molar-refractivity contribution is 6.07. The van der Waals surface area contributed by atoms with Crippen molar-refractivity contribution in [3.05, 3.63) is 71.4 Å². The predicted octanol–water partition coefficient (Wildman–Crippen LogP) is 4.04. The number of hydrogen-bond acceptors (Lipinski definition) is 6. The Morgan fingerprint density at radius 2 is 1.60 bits per heavy atom. The predicted molar refractivity (Wildman–Crippen MR) is 112 cm³/mol. The van der Waals surface area contributed by atoms with Gasteiger partial charge in [0.25, 0.3) is 0 Å². The molecule has 7 heteroatoms. The van der Waals surface area contributed by atoms with Crippen molar-refractivity contribution in [2.45, 2.75) is 20.0 Å². The molecule has 0 aliphatic heterocycles. The summed E-state index contributed by atoms with van der Waals surface area (Å²) in [6, 6.07) is 16.6. The summed E-state index contributed by atoms with van der Waals surface area (Å²) in [4.78, 5) is 25.4. The molecule has 156 valence electrons. The van der Waals surface area contributed by atoms with E-state index in [1.54, 1.807) is 12.1 Å². The zero-order valence-corrected chi connectivity index (χ0v) is 17.3. The number of carbonyl (C=O) groups excluding carboxylic acids is 2. The maximum atomic E-state index is 12.8. The third-order valence-electron chi connectivity index (χ3n) is 4.53. The monoisotopic (exact) mass is 408 g/mol.